The van der Waals surface area contributed by atoms with Crippen LogP contribution >= 0.6 is 11.8 Å². The van der Waals surface area contributed by atoms with E-state index in [1.807, 2.05) is 36.6 Å². The van der Waals surface area contributed by atoms with Crippen LogP contribution in [-0.2, 0) is 6.61 Å². The summed E-state index contributed by atoms with van der Waals surface area (Å²) in [6, 6.07) is 14.5. The van der Waals surface area contributed by atoms with E-state index in [2.05, 4.69) is 0 Å². The molecule has 0 N–H and O–H groups in total. The molecule has 0 aliphatic rings. The van der Waals surface area contributed by atoms with Crippen molar-refractivity contribution in [1.82, 2.24) is 0 Å². The first-order valence-corrected chi connectivity index (χ1v) is 6.52. The van der Waals surface area contributed by atoms with Gasteiger partial charge in [0.25, 0.3) is 0 Å². The summed E-state index contributed by atoms with van der Waals surface area (Å²) in [6.45, 7) is 0.500. The highest BCUT2D eigenvalue weighted by molar-refractivity contribution is 7.98. The lowest BCUT2D eigenvalue weighted by Gasteiger charge is -2.10. The molecular formula is C14H13FOS. The highest BCUT2D eigenvalue weighted by Gasteiger charge is 2.04. The van der Waals surface area contributed by atoms with Gasteiger partial charge in [0.05, 0.1) is 4.90 Å². The molecule has 1 nitrogen and oxygen atoms in total. The quantitative estimate of drug-likeness (QED) is 0.752. The third-order valence-corrected chi connectivity index (χ3v) is 3.12. The Balaban J connectivity index is 2.09. The summed E-state index contributed by atoms with van der Waals surface area (Å²) < 4.78 is 18.7. The molecule has 0 heterocycles. The van der Waals surface area contributed by atoms with Crippen molar-refractivity contribution < 1.29 is 9.13 Å². The van der Waals surface area contributed by atoms with Crippen LogP contribution in [0, 0.1) is 5.82 Å². The van der Waals surface area contributed by atoms with Crippen LogP contribution in [0.25, 0.3) is 0 Å². The second-order valence-corrected chi connectivity index (χ2v) is 4.42. The van der Waals surface area contributed by atoms with Gasteiger partial charge in [-0.15, -0.1) is 11.8 Å². The van der Waals surface area contributed by atoms with Gasteiger partial charge < -0.3 is 4.74 Å². The molecule has 17 heavy (non-hydrogen) atoms. The number of thioether (sulfide) groups is 1. The van der Waals surface area contributed by atoms with E-state index < -0.39 is 0 Å². The fraction of sp³-hybridized carbons (Fsp3) is 0.143. The first kappa shape index (κ1) is 12.0. The molecule has 2 aromatic rings. The Morgan fingerprint density at radius 3 is 2.59 bits per heavy atom. The molecule has 88 valence electrons. The van der Waals surface area contributed by atoms with E-state index in [0.29, 0.717) is 6.61 Å². The van der Waals surface area contributed by atoms with Crippen molar-refractivity contribution in [3.63, 3.8) is 0 Å². The maximum atomic E-state index is 13.0. The Labute approximate surface area is 105 Å². The lowest BCUT2D eigenvalue weighted by atomic mass is 10.2. The van der Waals surface area contributed by atoms with Gasteiger partial charge in [-0.1, -0.05) is 30.3 Å². The lowest BCUT2D eigenvalue weighted by Crippen LogP contribution is -1.96. The van der Waals surface area contributed by atoms with Gasteiger partial charge in [-0.05, 0) is 30.0 Å². The second-order valence-electron chi connectivity index (χ2n) is 3.57. The van der Waals surface area contributed by atoms with E-state index in [4.69, 9.17) is 4.74 Å². The smallest absolute Gasteiger partial charge is 0.133 e. The van der Waals surface area contributed by atoms with Gasteiger partial charge in [0.1, 0.15) is 18.2 Å². The first-order valence-electron chi connectivity index (χ1n) is 5.30. The minimum atomic E-state index is -0.235. The fourth-order valence-electron chi connectivity index (χ4n) is 1.50. The zero-order chi connectivity index (χ0) is 12.1. The van der Waals surface area contributed by atoms with Crippen LogP contribution in [0.3, 0.4) is 0 Å². The van der Waals surface area contributed by atoms with Gasteiger partial charge in [-0.25, -0.2) is 4.39 Å². The van der Waals surface area contributed by atoms with E-state index in [0.717, 1.165) is 16.2 Å². The van der Waals surface area contributed by atoms with Crippen molar-refractivity contribution in [3.8, 4) is 5.75 Å². The van der Waals surface area contributed by atoms with Gasteiger partial charge in [-0.3, -0.25) is 0 Å². The first-order chi connectivity index (χ1) is 8.29. The molecule has 0 aliphatic carbocycles. The van der Waals surface area contributed by atoms with Crippen LogP contribution < -0.4 is 4.74 Å². The average molecular weight is 248 g/mol. The molecule has 2 aromatic carbocycles. The summed E-state index contributed by atoms with van der Waals surface area (Å²) in [5.41, 5.74) is 1.10. The third-order valence-electron chi connectivity index (χ3n) is 2.36. The van der Waals surface area contributed by atoms with Crippen LogP contribution in [0.4, 0.5) is 4.39 Å². The van der Waals surface area contributed by atoms with E-state index in [1.54, 1.807) is 6.07 Å². The second kappa shape index (κ2) is 5.73. The maximum Gasteiger partial charge on any atom is 0.133 e. The molecule has 3 heteroatoms. The molecule has 0 aromatic heterocycles. The molecule has 0 unspecified atom stereocenters. The van der Waals surface area contributed by atoms with Crippen molar-refractivity contribution in [2.75, 3.05) is 6.26 Å². The predicted octanol–water partition coefficient (Wildman–Crippen LogP) is 4.13. The highest BCUT2D eigenvalue weighted by atomic mass is 32.2. The summed E-state index contributed by atoms with van der Waals surface area (Å²) in [7, 11) is 0. The van der Waals surface area contributed by atoms with Gasteiger partial charge in [0, 0.05) is 0 Å². The number of hydrogen-bond donors (Lipinski definition) is 0. The van der Waals surface area contributed by atoms with E-state index in [-0.39, 0.29) is 5.82 Å². The van der Waals surface area contributed by atoms with Crippen LogP contribution in [0.15, 0.2) is 53.4 Å². The Morgan fingerprint density at radius 2 is 1.88 bits per heavy atom. The molecule has 0 bridgehead atoms. The maximum absolute atomic E-state index is 13.0. The van der Waals surface area contributed by atoms with Crippen molar-refractivity contribution in [2.45, 2.75) is 11.5 Å². The Kier molecular flexibility index (Phi) is 4.04. The van der Waals surface area contributed by atoms with Gasteiger partial charge in [0.2, 0.25) is 0 Å². The van der Waals surface area contributed by atoms with Crippen molar-refractivity contribution in [1.29, 1.82) is 0 Å². The largest absolute Gasteiger partial charge is 0.488 e. The van der Waals surface area contributed by atoms with Crippen LogP contribution in [0.1, 0.15) is 5.56 Å². The SMILES string of the molecule is CSc1cc(F)ccc1OCc1ccccc1. The Morgan fingerprint density at radius 1 is 1.12 bits per heavy atom. The molecule has 0 saturated carbocycles. The van der Waals surface area contributed by atoms with Crippen molar-refractivity contribution in [2.24, 2.45) is 0 Å². The molecule has 0 atom stereocenters. The van der Waals surface area contributed by atoms with Gasteiger partial charge in [-0.2, -0.15) is 0 Å². The summed E-state index contributed by atoms with van der Waals surface area (Å²) in [5, 5.41) is 0. The molecule has 0 spiro atoms. The Hall–Kier alpha value is -1.48. The normalized spacial score (nSPS) is 10.2. The van der Waals surface area contributed by atoms with E-state index >= 15 is 0 Å². The molecule has 0 radical (unpaired) electrons. The predicted molar refractivity (Wildman–Crippen MR) is 69.0 cm³/mol. The monoisotopic (exact) mass is 248 g/mol. The zero-order valence-electron chi connectivity index (χ0n) is 9.52. The van der Waals surface area contributed by atoms with E-state index in [1.165, 1.54) is 23.9 Å². The summed E-state index contributed by atoms with van der Waals surface area (Å²) in [6.07, 6.45) is 1.91. The summed E-state index contributed by atoms with van der Waals surface area (Å²) >= 11 is 1.48. The highest BCUT2D eigenvalue weighted by Crippen LogP contribution is 2.28. The van der Waals surface area contributed by atoms with Gasteiger partial charge >= 0.3 is 0 Å². The molecule has 0 aliphatic heterocycles. The average Bonchev–Trinajstić information content (AvgIpc) is 2.38. The standard InChI is InChI=1S/C14H13FOS/c1-17-14-9-12(15)7-8-13(14)16-10-11-5-3-2-4-6-11/h2-9H,10H2,1H3. The molecular weight excluding hydrogens is 235 g/mol. The Bertz CT molecular complexity index is 485. The zero-order valence-corrected chi connectivity index (χ0v) is 10.3. The van der Waals surface area contributed by atoms with E-state index in [9.17, 15) is 4.39 Å². The van der Waals surface area contributed by atoms with Crippen LogP contribution in [-0.4, -0.2) is 6.26 Å². The topological polar surface area (TPSA) is 9.23 Å². The van der Waals surface area contributed by atoms with Crippen molar-refractivity contribution >= 4 is 11.8 Å². The summed E-state index contributed by atoms with van der Waals surface area (Å²) in [4.78, 5) is 0.820. The number of halogens is 1. The molecule has 0 amide bonds. The fourth-order valence-corrected chi connectivity index (χ4v) is 2.05. The minimum absolute atomic E-state index is 0.235. The third kappa shape index (κ3) is 3.24. The molecule has 0 saturated heterocycles. The minimum Gasteiger partial charge on any atom is -0.488 e. The van der Waals surface area contributed by atoms with Gasteiger partial charge in [0.15, 0.2) is 0 Å². The molecule has 2 rings (SSSR count). The number of ether oxygens (including phenoxy) is 1. The number of rotatable bonds is 4. The molecule has 0 fully saturated rings. The number of hydrogen-bond acceptors (Lipinski definition) is 2. The number of benzene rings is 2. The lowest BCUT2D eigenvalue weighted by molar-refractivity contribution is 0.298. The summed E-state index contributed by atoms with van der Waals surface area (Å²) in [5.74, 6) is 0.490. The van der Waals surface area contributed by atoms with Crippen molar-refractivity contribution in [3.05, 3.63) is 59.9 Å². The van der Waals surface area contributed by atoms with Crippen LogP contribution in [0.2, 0.25) is 0 Å². The van der Waals surface area contributed by atoms with Crippen LogP contribution in [0.5, 0.6) is 5.75 Å².